The first-order valence-corrected chi connectivity index (χ1v) is 9.57. The molecule has 28 heavy (non-hydrogen) atoms. The van der Waals surface area contributed by atoms with Crippen LogP contribution in [0.4, 0.5) is 0 Å². The molecule has 0 saturated carbocycles. The average Bonchev–Trinajstić information content (AvgIpc) is 3.08. The number of halogens is 1. The lowest BCUT2D eigenvalue weighted by Gasteiger charge is -2.23. The summed E-state index contributed by atoms with van der Waals surface area (Å²) in [5, 5.41) is 2.97. The molecule has 2 aromatic carbocycles. The molecule has 4 rings (SSSR count). The van der Waals surface area contributed by atoms with Gasteiger partial charge in [-0.2, -0.15) is 0 Å². The minimum atomic E-state index is -0.395. The zero-order valence-electron chi connectivity index (χ0n) is 15.5. The second kappa shape index (κ2) is 7.60. The van der Waals surface area contributed by atoms with Crippen molar-refractivity contribution in [2.24, 2.45) is 7.05 Å². The van der Waals surface area contributed by atoms with Crippen LogP contribution in [0.3, 0.4) is 0 Å². The van der Waals surface area contributed by atoms with Gasteiger partial charge in [0, 0.05) is 31.6 Å². The second-order valence-electron chi connectivity index (χ2n) is 7.12. The minimum Gasteiger partial charge on any atom is -0.340 e. The van der Waals surface area contributed by atoms with Crippen molar-refractivity contribution in [3.05, 3.63) is 76.8 Å². The number of aryl methyl sites for hydroxylation is 1. The van der Waals surface area contributed by atoms with Gasteiger partial charge in [-0.3, -0.25) is 14.9 Å². The Morgan fingerprint density at radius 1 is 1.18 bits per heavy atom. The fraction of sp³-hybridized carbons (Fsp3) is 0.227. The van der Waals surface area contributed by atoms with E-state index in [4.69, 9.17) is 11.6 Å². The van der Waals surface area contributed by atoms with Crippen molar-refractivity contribution in [3.63, 3.8) is 0 Å². The topological polar surface area (TPSA) is 64.0 Å². The maximum atomic E-state index is 12.2. The highest BCUT2D eigenvalue weighted by molar-refractivity contribution is 6.34. The fourth-order valence-corrected chi connectivity index (χ4v) is 3.97. The number of nitrogens with zero attached hydrogens (tertiary/aromatic N) is 2. The van der Waals surface area contributed by atoms with E-state index < -0.39 is 5.92 Å². The number of hydrogen-bond donors (Lipinski definition) is 1. The molecular formula is C22H20ClN3O2. The number of nitrogens with one attached hydrogen (secondary N) is 1. The Morgan fingerprint density at radius 3 is 2.64 bits per heavy atom. The third kappa shape index (κ3) is 3.71. The number of rotatable bonds is 4. The van der Waals surface area contributed by atoms with Gasteiger partial charge < -0.3 is 4.57 Å². The van der Waals surface area contributed by atoms with Crippen LogP contribution in [-0.4, -0.2) is 21.4 Å². The van der Waals surface area contributed by atoms with Gasteiger partial charge in [-0.1, -0.05) is 54.1 Å². The molecule has 142 valence electrons. The molecule has 1 aromatic heterocycles. The van der Waals surface area contributed by atoms with Crippen LogP contribution in [0.15, 0.2) is 55.0 Å². The molecule has 0 radical (unpaired) electrons. The van der Waals surface area contributed by atoms with Crippen molar-refractivity contribution < 1.29 is 9.59 Å². The highest BCUT2D eigenvalue weighted by Gasteiger charge is 2.30. The summed E-state index contributed by atoms with van der Waals surface area (Å²) in [4.78, 5) is 28.0. The van der Waals surface area contributed by atoms with E-state index in [0.29, 0.717) is 17.9 Å². The number of imide groups is 1. The number of amides is 2. The summed E-state index contributed by atoms with van der Waals surface area (Å²) in [6, 6.07) is 13.9. The van der Waals surface area contributed by atoms with E-state index in [9.17, 15) is 9.59 Å². The van der Waals surface area contributed by atoms with E-state index in [1.54, 1.807) is 6.33 Å². The number of carbonyl (C=O) groups is 2. The minimum absolute atomic E-state index is 0.225. The van der Waals surface area contributed by atoms with E-state index >= 15 is 0 Å². The van der Waals surface area contributed by atoms with E-state index in [1.807, 2.05) is 48.1 Å². The molecule has 3 aromatic rings. The summed E-state index contributed by atoms with van der Waals surface area (Å²) in [7, 11) is 1.96. The van der Waals surface area contributed by atoms with Crippen LogP contribution >= 0.6 is 11.6 Å². The van der Waals surface area contributed by atoms with Crippen molar-refractivity contribution >= 4 is 23.4 Å². The van der Waals surface area contributed by atoms with E-state index in [2.05, 4.69) is 22.4 Å². The van der Waals surface area contributed by atoms with Gasteiger partial charge in [0.25, 0.3) is 0 Å². The lowest BCUT2D eigenvalue weighted by atomic mass is 9.88. The normalized spacial score (nSPS) is 16.9. The van der Waals surface area contributed by atoms with Gasteiger partial charge in [0.15, 0.2) is 0 Å². The number of imidazole rings is 1. The molecule has 6 heteroatoms. The molecule has 2 amide bonds. The van der Waals surface area contributed by atoms with Gasteiger partial charge in [0.05, 0.1) is 23.0 Å². The van der Waals surface area contributed by atoms with Crippen molar-refractivity contribution in [1.82, 2.24) is 14.9 Å². The Balaban J connectivity index is 1.59. The Kier molecular flexibility index (Phi) is 5.01. The molecular weight excluding hydrogens is 374 g/mol. The maximum absolute atomic E-state index is 12.2. The van der Waals surface area contributed by atoms with Crippen LogP contribution in [-0.2, 0) is 23.1 Å². The number of aromatic nitrogens is 2. The fourth-order valence-electron chi connectivity index (χ4n) is 3.60. The van der Waals surface area contributed by atoms with Gasteiger partial charge in [-0.25, -0.2) is 4.98 Å². The molecule has 0 bridgehead atoms. The summed E-state index contributed by atoms with van der Waals surface area (Å²) in [6.45, 7) is 0. The third-order valence-electron chi connectivity index (χ3n) is 5.05. The van der Waals surface area contributed by atoms with E-state index in [1.165, 1.54) is 5.56 Å². The predicted molar refractivity (Wildman–Crippen MR) is 108 cm³/mol. The molecule has 1 unspecified atom stereocenters. The Hall–Kier alpha value is -2.92. The molecule has 0 aliphatic carbocycles. The van der Waals surface area contributed by atoms with Gasteiger partial charge in [-0.15, -0.1) is 0 Å². The molecule has 0 spiro atoms. The Morgan fingerprint density at radius 2 is 1.96 bits per heavy atom. The quantitative estimate of drug-likeness (QED) is 0.685. The highest BCUT2D eigenvalue weighted by Crippen LogP contribution is 2.37. The van der Waals surface area contributed by atoms with E-state index in [-0.39, 0.29) is 11.8 Å². The first-order valence-electron chi connectivity index (χ1n) is 9.19. The summed E-state index contributed by atoms with van der Waals surface area (Å²) >= 11 is 6.67. The number of hydrogen-bond acceptors (Lipinski definition) is 3. The summed E-state index contributed by atoms with van der Waals surface area (Å²) in [6.07, 6.45) is 5.39. The predicted octanol–water partition coefficient (Wildman–Crippen LogP) is 3.85. The highest BCUT2D eigenvalue weighted by atomic mass is 35.5. The maximum Gasteiger partial charge on any atom is 0.234 e. The number of piperidine rings is 1. The molecule has 2 heterocycles. The summed E-state index contributed by atoms with van der Waals surface area (Å²) < 4.78 is 1.93. The zero-order chi connectivity index (χ0) is 19.7. The standard InChI is InChI=1S/C22H20ClN3O2/c1-26-12-16(24-13-26)11-14-5-7-15(8-6-14)17-3-2-4-18(21(17)23)19-9-10-20(27)25-22(19)28/h2-8,12-13,19H,9-11H2,1H3,(H,25,27,28). The summed E-state index contributed by atoms with van der Waals surface area (Å²) in [5.74, 6) is -0.897. The second-order valence-corrected chi connectivity index (χ2v) is 7.49. The van der Waals surface area contributed by atoms with Gasteiger partial charge >= 0.3 is 0 Å². The van der Waals surface area contributed by atoms with E-state index in [0.717, 1.165) is 28.8 Å². The third-order valence-corrected chi connectivity index (χ3v) is 5.47. The molecule has 1 saturated heterocycles. The Bertz CT molecular complexity index is 1040. The molecule has 1 aliphatic rings. The van der Waals surface area contributed by atoms with Crippen LogP contribution in [0.25, 0.3) is 11.1 Å². The number of carbonyl (C=O) groups excluding carboxylic acids is 2. The van der Waals surface area contributed by atoms with Crippen molar-refractivity contribution in [2.75, 3.05) is 0 Å². The first-order chi connectivity index (χ1) is 13.5. The Labute approximate surface area is 168 Å². The van der Waals surface area contributed by atoms with Gasteiger partial charge in [0.1, 0.15) is 0 Å². The molecule has 1 N–H and O–H groups in total. The molecule has 1 atom stereocenters. The first kappa shape index (κ1) is 18.4. The molecule has 5 nitrogen and oxygen atoms in total. The zero-order valence-corrected chi connectivity index (χ0v) is 16.2. The van der Waals surface area contributed by atoms with Gasteiger partial charge in [-0.05, 0) is 23.1 Å². The lowest BCUT2D eigenvalue weighted by Crippen LogP contribution is -2.39. The van der Waals surface area contributed by atoms with Crippen molar-refractivity contribution in [3.8, 4) is 11.1 Å². The van der Waals surface area contributed by atoms with Crippen LogP contribution < -0.4 is 5.32 Å². The van der Waals surface area contributed by atoms with Crippen molar-refractivity contribution in [1.29, 1.82) is 0 Å². The lowest BCUT2D eigenvalue weighted by molar-refractivity contribution is -0.134. The van der Waals surface area contributed by atoms with Crippen molar-refractivity contribution in [2.45, 2.75) is 25.2 Å². The largest absolute Gasteiger partial charge is 0.340 e. The SMILES string of the molecule is Cn1cnc(Cc2ccc(-c3cccc(C4CCC(=O)NC4=O)c3Cl)cc2)c1. The average molecular weight is 394 g/mol. The molecule has 1 aliphatic heterocycles. The van der Waals surface area contributed by atoms with Crippen LogP contribution in [0.1, 0.15) is 35.6 Å². The van der Waals surface area contributed by atoms with Crippen LogP contribution in [0, 0.1) is 0 Å². The summed E-state index contributed by atoms with van der Waals surface area (Å²) in [5.41, 5.74) is 4.83. The van der Waals surface area contributed by atoms with Gasteiger partial charge in [0.2, 0.25) is 11.8 Å². The smallest absolute Gasteiger partial charge is 0.234 e. The number of benzene rings is 2. The molecule has 1 fully saturated rings. The van der Waals surface area contributed by atoms with Crippen LogP contribution in [0.2, 0.25) is 5.02 Å². The van der Waals surface area contributed by atoms with Crippen LogP contribution in [0.5, 0.6) is 0 Å². The monoisotopic (exact) mass is 393 g/mol.